The zero-order valence-electron chi connectivity index (χ0n) is 20.1. The Bertz CT molecular complexity index is 1380. The quantitative estimate of drug-likeness (QED) is 0.0780. The first kappa shape index (κ1) is 32.4. The van der Waals surface area contributed by atoms with Crippen molar-refractivity contribution < 1.29 is 60.5 Å². The summed E-state index contributed by atoms with van der Waals surface area (Å²) >= 11 is 0. The lowest BCUT2D eigenvalue weighted by molar-refractivity contribution is -0.739. The minimum absolute atomic E-state index is 0.0663. The topological polar surface area (TPSA) is 273 Å². The number of rotatable bonds is 12. The molecule has 0 aliphatic carbocycles. The first-order valence-corrected chi connectivity index (χ1v) is 17.6. The Hall–Kier alpha value is -1.10. The summed E-state index contributed by atoms with van der Waals surface area (Å²) in [6.45, 7) is 1.03. The molecule has 0 amide bonds. The van der Waals surface area contributed by atoms with Gasteiger partial charge in [0, 0.05) is 6.42 Å². The monoisotopic (exact) mass is 648 g/mol. The van der Waals surface area contributed by atoms with E-state index in [1.54, 1.807) is 11.5 Å². The van der Waals surface area contributed by atoms with Crippen LogP contribution in [0.1, 0.15) is 19.6 Å². The highest BCUT2D eigenvalue weighted by Gasteiger charge is 2.42. The Labute approximate surface area is 229 Å². The largest absolute Gasteiger partial charge is 0.756 e. The number of nitrogen functional groups attached to an aromatic ring is 1. The average Bonchev–Trinajstić information content (AvgIpc) is 3.36. The van der Waals surface area contributed by atoms with Crippen LogP contribution in [0.5, 0.6) is 0 Å². The van der Waals surface area contributed by atoms with Crippen molar-refractivity contribution in [2.24, 2.45) is 5.73 Å². The summed E-state index contributed by atoms with van der Waals surface area (Å²) in [4.78, 5) is 50.9. The number of nitrogens with two attached hydrogens (primary N) is 2. The second-order valence-corrected chi connectivity index (χ2v) is 14.6. The number of phosphoric acid groups is 3. The number of anilines is 1. The number of hydrogen-bond donors (Lipinski definition) is 3. The van der Waals surface area contributed by atoms with Crippen molar-refractivity contribution in [1.29, 1.82) is 0 Å². The summed E-state index contributed by atoms with van der Waals surface area (Å²) < 4.78 is 60.8. The van der Waals surface area contributed by atoms with E-state index in [1.165, 1.54) is 38.8 Å². The molecule has 0 aromatic carbocycles. The highest BCUT2D eigenvalue weighted by molar-refractivity contribution is 8.76. The number of fused-ring (bicyclic) bond motifs is 1. The summed E-state index contributed by atoms with van der Waals surface area (Å²) in [6.07, 6.45) is 2.07. The number of phosphoric ester groups is 1. The first-order valence-electron chi connectivity index (χ1n) is 10.6. The lowest BCUT2D eigenvalue weighted by Crippen LogP contribution is -2.39. The standard InChI is InChI=1S/C16H25N6O12P3S2/c1-10(39-38-2)31-11-6-13(22-9-21(5-3-4-17)14-15(18)19-8-20-16(14)22)32-12(11)7-30-36(26,27)34-37(28,29)33-35(23,24)25/h8-13H,4,6-7,17H2,1-2H3,(H5-,18,19,20,23,24,25,26,27,28,29)/p-2/t10-,11?,12+,13+/m0/s1. The highest BCUT2D eigenvalue weighted by Crippen LogP contribution is 2.61. The minimum Gasteiger partial charge on any atom is -0.756 e. The van der Waals surface area contributed by atoms with Crippen LogP contribution in [-0.4, -0.2) is 56.5 Å². The van der Waals surface area contributed by atoms with Gasteiger partial charge in [-0.3, -0.25) is 13.7 Å². The van der Waals surface area contributed by atoms with Gasteiger partial charge in [-0.15, -0.1) is 0 Å². The van der Waals surface area contributed by atoms with Gasteiger partial charge in [0.15, 0.2) is 18.4 Å². The van der Waals surface area contributed by atoms with E-state index in [2.05, 4.69) is 35.1 Å². The van der Waals surface area contributed by atoms with E-state index in [-0.39, 0.29) is 24.2 Å². The Morgan fingerprint density at radius 3 is 2.67 bits per heavy atom. The van der Waals surface area contributed by atoms with Crippen molar-refractivity contribution in [1.82, 2.24) is 14.5 Å². The third kappa shape index (κ3) is 9.20. The van der Waals surface area contributed by atoms with Gasteiger partial charge >= 0.3 is 5.65 Å². The summed E-state index contributed by atoms with van der Waals surface area (Å²) in [5.41, 5.74) is 11.8. The Balaban J connectivity index is 1.85. The maximum Gasteiger partial charge on any atom is 0.310 e. The predicted octanol–water partition coefficient (Wildman–Crippen LogP) is -1.45. The molecule has 2 aromatic rings. The predicted molar refractivity (Wildman–Crippen MR) is 131 cm³/mol. The van der Waals surface area contributed by atoms with E-state index < -0.39 is 48.5 Å². The van der Waals surface area contributed by atoms with Gasteiger partial charge in [0.1, 0.15) is 11.5 Å². The molecule has 0 saturated carbocycles. The zero-order valence-corrected chi connectivity index (χ0v) is 24.4. The number of nitrogens with zero attached hydrogens (tertiary/aromatic N) is 4. The summed E-state index contributed by atoms with van der Waals surface area (Å²) in [5, 5.41) is 0. The highest BCUT2D eigenvalue weighted by atomic mass is 33.1. The molecule has 1 aliphatic rings. The lowest BCUT2D eigenvalue weighted by Gasteiger charge is -2.33. The number of imidazole rings is 1. The second-order valence-electron chi connectivity index (χ2n) is 7.51. The molecule has 3 rings (SSSR count). The van der Waals surface area contributed by atoms with Gasteiger partial charge < -0.3 is 45.0 Å². The minimum atomic E-state index is -6.05. The van der Waals surface area contributed by atoms with Crippen molar-refractivity contribution in [2.75, 3.05) is 25.1 Å². The summed E-state index contributed by atoms with van der Waals surface area (Å²) in [5.74, 6) is 2.82. The van der Waals surface area contributed by atoms with Crippen molar-refractivity contribution in [2.45, 2.75) is 37.2 Å². The van der Waals surface area contributed by atoms with Crippen LogP contribution in [0.4, 0.5) is 5.82 Å². The zero-order chi connectivity index (χ0) is 29.0. The van der Waals surface area contributed by atoms with Crippen LogP contribution in [0.2, 0.25) is 0 Å². The maximum atomic E-state index is 12.1. The first-order chi connectivity index (χ1) is 18.1. The molecule has 1 aliphatic heterocycles. The number of ether oxygens (including phenoxy) is 2. The van der Waals surface area contributed by atoms with E-state index in [0.717, 1.165) is 0 Å². The fourth-order valence-electron chi connectivity index (χ4n) is 3.49. The molecule has 7 atom stereocenters. The molecular weight excluding hydrogens is 625 g/mol. The van der Waals surface area contributed by atoms with E-state index in [1.807, 2.05) is 6.26 Å². The fraction of sp³-hybridized carbons (Fsp3) is 0.562. The molecule has 23 heteroatoms. The Morgan fingerprint density at radius 1 is 1.31 bits per heavy atom. The van der Waals surface area contributed by atoms with Gasteiger partial charge in [-0.25, -0.2) is 13.2 Å². The molecule has 2 aromatic heterocycles. The van der Waals surface area contributed by atoms with Crippen molar-refractivity contribution >= 4 is 62.0 Å². The van der Waals surface area contributed by atoms with Crippen molar-refractivity contribution in [3.8, 4) is 12.0 Å². The van der Waals surface area contributed by atoms with Gasteiger partial charge in [-0.2, -0.15) is 9.55 Å². The summed E-state index contributed by atoms with van der Waals surface area (Å²) in [6, 6.07) is 2.80. The molecule has 1 saturated heterocycles. The third-order valence-electron chi connectivity index (χ3n) is 4.75. The third-order valence-corrected chi connectivity index (χ3v) is 10.4. The maximum absolute atomic E-state index is 12.1. The molecule has 0 radical (unpaired) electrons. The summed E-state index contributed by atoms with van der Waals surface area (Å²) in [7, 11) is -14.8. The smallest absolute Gasteiger partial charge is 0.310 e. The van der Waals surface area contributed by atoms with Crippen LogP contribution in [0.15, 0.2) is 12.7 Å². The van der Waals surface area contributed by atoms with Crippen LogP contribution in [-0.2, 0) is 36.3 Å². The van der Waals surface area contributed by atoms with Gasteiger partial charge in [0.2, 0.25) is 11.8 Å². The molecule has 18 nitrogen and oxygen atoms in total. The molecule has 0 bridgehead atoms. The SMILES string of the molecule is CSS[C@@H](C)OC1C[C@H]([n+]2cn(C#CCN)c3c(N)ncnc32)O[C@@H]1COP(=O)([O-])OP(=O)([O-])OP(=O)([O-])O. The molecule has 39 heavy (non-hydrogen) atoms. The number of aromatic nitrogens is 4. The van der Waals surface area contributed by atoms with Crippen molar-refractivity contribution in [3.63, 3.8) is 0 Å². The Kier molecular flexibility index (Phi) is 11.0. The van der Waals surface area contributed by atoms with Crippen LogP contribution < -0.4 is 30.7 Å². The molecule has 0 spiro atoms. The van der Waals surface area contributed by atoms with Gasteiger partial charge in [-0.05, 0) is 19.1 Å². The fourth-order valence-corrected chi connectivity index (χ4v) is 7.79. The van der Waals surface area contributed by atoms with Crippen LogP contribution in [0.25, 0.3) is 11.2 Å². The van der Waals surface area contributed by atoms with E-state index in [4.69, 9.17) is 25.8 Å². The van der Waals surface area contributed by atoms with E-state index in [9.17, 15) is 28.4 Å². The van der Waals surface area contributed by atoms with Gasteiger partial charge in [0.05, 0.1) is 25.3 Å². The molecular formula is C16H23N6O12P3S2-2. The van der Waals surface area contributed by atoms with E-state index in [0.29, 0.717) is 11.2 Å². The second kappa shape index (κ2) is 13.3. The number of hydrogen-bond acceptors (Lipinski definition) is 17. The van der Waals surface area contributed by atoms with Crippen LogP contribution >= 0.6 is 45.1 Å². The van der Waals surface area contributed by atoms with Crippen LogP contribution in [0.3, 0.4) is 0 Å². The van der Waals surface area contributed by atoms with Crippen molar-refractivity contribution in [3.05, 3.63) is 12.7 Å². The van der Waals surface area contributed by atoms with Gasteiger partial charge in [-0.1, -0.05) is 26.6 Å². The van der Waals surface area contributed by atoms with E-state index >= 15 is 0 Å². The average molecular weight is 648 g/mol. The van der Waals surface area contributed by atoms with Gasteiger partial charge in [0.25, 0.3) is 23.5 Å². The van der Waals surface area contributed by atoms with Crippen LogP contribution in [0, 0.1) is 12.0 Å². The normalized spacial score (nSPS) is 24.8. The molecule has 5 N–H and O–H groups in total. The lowest BCUT2D eigenvalue weighted by atomic mass is 10.2. The Morgan fingerprint density at radius 2 is 2.03 bits per heavy atom. The molecule has 1 fully saturated rings. The molecule has 4 unspecified atom stereocenters. The molecule has 218 valence electrons. The molecule has 3 heterocycles.